The number of nitrogens with two attached hydrogens (primary N) is 1. The molecule has 108 valence electrons. The molecule has 1 aromatic rings. The number of nitrogens with zero attached hydrogens (tertiary/aromatic N) is 1. The first-order valence-electron chi connectivity index (χ1n) is 6.06. The number of sulfonamides is 1. The fourth-order valence-electron chi connectivity index (χ4n) is 1.70. The molecule has 0 aromatic heterocycles. The van der Waals surface area contributed by atoms with Crippen LogP contribution >= 0.6 is 11.6 Å². The van der Waals surface area contributed by atoms with Gasteiger partial charge in [0.1, 0.15) is 0 Å². The van der Waals surface area contributed by atoms with Gasteiger partial charge in [0.05, 0.1) is 4.90 Å². The third-order valence-electron chi connectivity index (χ3n) is 2.80. The Kier molecular flexibility index (Phi) is 6.22. The Morgan fingerprint density at radius 3 is 2.58 bits per heavy atom. The van der Waals surface area contributed by atoms with E-state index < -0.39 is 10.0 Å². The lowest BCUT2D eigenvalue weighted by molar-refractivity contribution is 0.271. The van der Waals surface area contributed by atoms with Crippen molar-refractivity contribution in [1.29, 1.82) is 0 Å². The minimum Gasteiger partial charge on any atom is -0.396 e. The van der Waals surface area contributed by atoms with Crippen molar-refractivity contribution in [1.82, 2.24) is 4.31 Å². The van der Waals surface area contributed by atoms with E-state index in [9.17, 15) is 8.42 Å². The molecule has 3 N–H and O–H groups in total. The molecule has 0 fully saturated rings. The van der Waals surface area contributed by atoms with Crippen molar-refractivity contribution in [3.05, 3.63) is 28.8 Å². The smallest absolute Gasteiger partial charge is 0.243 e. The van der Waals surface area contributed by atoms with Crippen LogP contribution in [0.1, 0.15) is 18.9 Å². The summed E-state index contributed by atoms with van der Waals surface area (Å²) in [5.41, 5.74) is 6.20. The summed E-state index contributed by atoms with van der Waals surface area (Å²) in [6.07, 6.45) is 0.404. The van der Waals surface area contributed by atoms with Gasteiger partial charge >= 0.3 is 0 Å². The molecule has 0 amide bonds. The molecule has 7 heteroatoms. The summed E-state index contributed by atoms with van der Waals surface area (Å²) in [7, 11) is -3.57. The summed E-state index contributed by atoms with van der Waals surface area (Å²) in [5.74, 6) is 0. The summed E-state index contributed by atoms with van der Waals surface area (Å²) in [4.78, 5) is 0.148. The number of hydrogen-bond acceptors (Lipinski definition) is 4. The van der Waals surface area contributed by atoms with Gasteiger partial charge < -0.3 is 10.8 Å². The van der Waals surface area contributed by atoms with E-state index in [2.05, 4.69) is 0 Å². The number of hydrogen-bond donors (Lipinski definition) is 2. The minimum atomic E-state index is -3.57. The molecule has 0 heterocycles. The predicted octanol–water partition coefficient (Wildman–Crippen LogP) is 1.19. The second-order valence-corrected chi connectivity index (χ2v) is 6.38. The molecule has 0 atom stereocenters. The van der Waals surface area contributed by atoms with Crippen LogP contribution in [0.4, 0.5) is 0 Å². The van der Waals surface area contributed by atoms with Gasteiger partial charge in [0, 0.05) is 31.3 Å². The summed E-state index contributed by atoms with van der Waals surface area (Å²) in [6.45, 7) is 2.61. The molecule has 0 unspecified atom stereocenters. The van der Waals surface area contributed by atoms with Crippen molar-refractivity contribution in [2.75, 3.05) is 19.7 Å². The first kappa shape index (κ1) is 16.4. The van der Waals surface area contributed by atoms with Gasteiger partial charge in [-0.3, -0.25) is 0 Å². The summed E-state index contributed by atoms with van der Waals surface area (Å²) in [5, 5.41) is 9.15. The van der Waals surface area contributed by atoms with Crippen LogP contribution < -0.4 is 5.73 Å². The summed E-state index contributed by atoms with van der Waals surface area (Å²) >= 11 is 5.98. The molecule has 5 nitrogen and oxygen atoms in total. The first-order valence-corrected chi connectivity index (χ1v) is 7.88. The van der Waals surface area contributed by atoms with Gasteiger partial charge in [0.2, 0.25) is 10.0 Å². The molecule has 0 aliphatic carbocycles. The first-order chi connectivity index (χ1) is 8.97. The SMILES string of the molecule is CCN(CCCO)S(=O)(=O)c1ccc(CN)c(Cl)c1. The average molecular weight is 307 g/mol. The van der Waals surface area contributed by atoms with Crippen LogP contribution in [0.3, 0.4) is 0 Å². The van der Waals surface area contributed by atoms with E-state index in [-0.39, 0.29) is 24.6 Å². The van der Waals surface area contributed by atoms with Crippen molar-refractivity contribution in [2.45, 2.75) is 24.8 Å². The maximum absolute atomic E-state index is 12.4. The van der Waals surface area contributed by atoms with Gasteiger partial charge in [0.15, 0.2) is 0 Å². The molecule has 0 bridgehead atoms. The fraction of sp³-hybridized carbons (Fsp3) is 0.500. The van der Waals surface area contributed by atoms with E-state index in [1.807, 2.05) is 0 Å². The van der Waals surface area contributed by atoms with Gasteiger partial charge in [-0.25, -0.2) is 8.42 Å². The van der Waals surface area contributed by atoms with Crippen molar-refractivity contribution in [2.24, 2.45) is 5.73 Å². The molecule has 0 saturated carbocycles. The second-order valence-electron chi connectivity index (χ2n) is 4.03. The normalized spacial score (nSPS) is 12.1. The Balaban J connectivity index is 3.07. The Morgan fingerprint density at radius 1 is 1.42 bits per heavy atom. The largest absolute Gasteiger partial charge is 0.396 e. The Hall–Kier alpha value is -0.660. The third kappa shape index (κ3) is 3.90. The molecular weight excluding hydrogens is 288 g/mol. The molecule has 0 radical (unpaired) electrons. The molecule has 0 saturated heterocycles. The van der Waals surface area contributed by atoms with Gasteiger partial charge in [-0.2, -0.15) is 4.31 Å². The predicted molar refractivity (Wildman–Crippen MR) is 75.5 cm³/mol. The van der Waals surface area contributed by atoms with Gasteiger partial charge in [-0.15, -0.1) is 0 Å². The Bertz CT molecular complexity index is 520. The zero-order valence-electron chi connectivity index (χ0n) is 10.8. The highest BCUT2D eigenvalue weighted by molar-refractivity contribution is 7.89. The molecule has 0 aliphatic rings. The number of aliphatic hydroxyl groups is 1. The molecule has 19 heavy (non-hydrogen) atoms. The Labute approximate surface area is 119 Å². The van der Waals surface area contributed by atoms with Crippen LogP contribution in [0.15, 0.2) is 23.1 Å². The van der Waals surface area contributed by atoms with Crippen LogP contribution in [0.2, 0.25) is 5.02 Å². The van der Waals surface area contributed by atoms with Gasteiger partial charge in [-0.05, 0) is 24.1 Å². The molecule has 0 aliphatic heterocycles. The highest BCUT2D eigenvalue weighted by atomic mass is 35.5. The van der Waals surface area contributed by atoms with Gasteiger partial charge in [0.25, 0.3) is 0 Å². The molecule has 1 aromatic carbocycles. The zero-order chi connectivity index (χ0) is 14.5. The number of rotatable bonds is 7. The van der Waals surface area contributed by atoms with Crippen molar-refractivity contribution < 1.29 is 13.5 Å². The van der Waals surface area contributed by atoms with E-state index in [0.29, 0.717) is 23.6 Å². The highest BCUT2D eigenvalue weighted by Gasteiger charge is 2.23. The van der Waals surface area contributed by atoms with Crippen LogP contribution in [-0.4, -0.2) is 37.5 Å². The maximum Gasteiger partial charge on any atom is 0.243 e. The van der Waals surface area contributed by atoms with E-state index in [1.54, 1.807) is 13.0 Å². The summed E-state index contributed by atoms with van der Waals surface area (Å²) < 4.78 is 26.1. The average Bonchev–Trinajstić information content (AvgIpc) is 2.39. The van der Waals surface area contributed by atoms with E-state index in [0.717, 1.165) is 0 Å². The number of benzene rings is 1. The highest BCUT2D eigenvalue weighted by Crippen LogP contribution is 2.23. The maximum atomic E-state index is 12.4. The lowest BCUT2D eigenvalue weighted by atomic mass is 10.2. The van der Waals surface area contributed by atoms with Crippen molar-refractivity contribution >= 4 is 21.6 Å². The zero-order valence-corrected chi connectivity index (χ0v) is 12.4. The van der Waals surface area contributed by atoms with Crippen LogP contribution in [0, 0.1) is 0 Å². The monoisotopic (exact) mass is 306 g/mol. The topological polar surface area (TPSA) is 83.6 Å². The lowest BCUT2D eigenvalue weighted by Crippen LogP contribution is -2.32. The van der Waals surface area contributed by atoms with Crippen LogP contribution in [0.5, 0.6) is 0 Å². The summed E-state index contributed by atoms with van der Waals surface area (Å²) in [6, 6.07) is 4.54. The van der Waals surface area contributed by atoms with Crippen LogP contribution in [0.25, 0.3) is 0 Å². The fourth-order valence-corrected chi connectivity index (χ4v) is 3.54. The third-order valence-corrected chi connectivity index (χ3v) is 5.12. The Morgan fingerprint density at radius 2 is 2.11 bits per heavy atom. The van der Waals surface area contributed by atoms with Crippen LogP contribution in [-0.2, 0) is 16.6 Å². The van der Waals surface area contributed by atoms with Crippen molar-refractivity contribution in [3.8, 4) is 0 Å². The van der Waals surface area contributed by atoms with E-state index >= 15 is 0 Å². The molecular formula is C12H19ClN2O3S. The molecule has 0 spiro atoms. The van der Waals surface area contributed by atoms with Gasteiger partial charge in [-0.1, -0.05) is 24.6 Å². The number of aliphatic hydroxyl groups excluding tert-OH is 1. The van der Waals surface area contributed by atoms with E-state index in [1.165, 1.54) is 16.4 Å². The quantitative estimate of drug-likeness (QED) is 0.792. The number of halogens is 1. The van der Waals surface area contributed by atoms with Crippen molar-refractivity contribution in [3.63, 3.8) is 0 Å². The standard InChI is InChI=1S/C12H19ClN2O3S/c1-2-15(6-3-7-16)19(17,18)11-5-4-10(9-14)12(13)8-11/h4-5,8,16H,2-3,6-7,9,14H2,1H3. The van der Waals surface area contributed by atoms with E-state index in [4.69, 9.17) is 22.4 Å². The lowest BCUT2D eigenvalue weighted by Gasteiger charge is -2.20. The second kappa shape index (κ2) is 7.21. The molecule has 1 rings (SSSR count). The minimum absolute atomic E-state index is 0.0428.